The molecule has 0 radical (unpaired) electrons. The Hall–Kier alpha value is -3.50. The van der Waals surface area contributed by atoms with Gasteiger partial charge < -0.3 is 29.4 Å². The summed E-state index contributed by atoms with van der Waals surface area (Å²) in [6.45, 7) is 4.54. The molecule has 0 unspecified atom stereocenters. The number of nitrogens with zero attached hydrogens (tertiary/aromatic N) is 5. The first-order valence-electron chi connectivity index (χ1n) is 12.7. The number of hydrogen-bond donors (Lipinski definition) is 1. The third-order valence-electron chi connectivity index (χ3n) is 6.72. The van der Waals surface area contributed by atoms with Gasteiger partial charge in [-0.2, -0.15) is 0 Å². The number of likely N-dealkylation sites (N-methyl/N-ethyl adjacent to an activating group) is 2. The summed E-state index contributed by atoms with van der Waals surface area (Å²) >= 11 is 0. The first kappa shape index (κ1) is 29.1. The number of aliphatic hydroxyl groups excluding tert-OH is 1. The molecule has 206 valence electrons. The molecule has 38 heavy (non-hydrogen) atoms. The van der Waals surface area contributed by atoms with E-state index in [-0.39, 0.29) is 48.2 Å². The van der Waals surface area contributed by atoms with E-state index in [2.05, 4.69) is 4.98 Å². The van der Waals surface area contributed by atoms with Crippen molar-refractivity contribution in [2.24, 2.45) is 5.92 Å². The van der Waals surface area contributed by atoms with E-state index >= 15 is 0 Å². The molecule has 1 N–H and O–H groups in total. The molecule has 0 fully saturated rings. The molecule has 10 nitrogen and oxygen atoms in total. The van der Waals surface area contributed by atoms with Crippen LogP contribution in [-0.2, 0) is 4.79 Å². The number of rotatable bonds is 8. The lowest BCUT2D eigenvalue weighted by atomic mass is 9.99. The normalized spacial score (nSPS) is 18.2. The van der Waals surface area contributed by atoms with Crippen LogP contribution in [0.15, 0.2) is 36.5 Å². The van der Waals surface area contributed by atoms with E-state index in [1.807, 2.05) is 38.1 Å². The van der Waals surface area contributed by atoms with Crippen LogP contribution in [0, 0.1) is 5.92 Å². The number of amides is 3. The van der Waals surface area contributed by atoms with Gasteiger partial charge in [-0.25, -0.2) is 4.98 Å². The fourth-order valence-electron chi connectivity index (χ4n) is 4.30. The third-order valence-corrected chi connectivity index (χ3v) is 6.72. The Morgan fingerprint density at radius 3 is 2.37 bits per heavy atom. The van der Waals surface area contributed by atoms with Crippen molar-refractivity contribution in [1.29, 1.82) is 0 Å². The molecule has 0 aliphatic carbocycles. The summed E-state index contributed by atoms with van der Waals surface area (Å²) in [6.07, 6.45) is 1.22. The number of ether oxygens (including phenoxy) is 1. The van der Waals surface area contributed by atoms with Gasteiger partial charge in [-0.15, -0.1) is 0 Å². The van der Waals surface area contributed by atoms with Gasteiger partial charge in [0.25, 0.3) is 11.8 Å². The van der Waals surface area contributed by atoms with Gasteiger partial charge in [-0.3, -0.25) is 14.4 Å². The number of carbonyl (C=O) groups excluding carboxylic acids is 3. The molecule has 3 amide bonds. The maximum Gasteiger partial charge on any atom is 0.259 e. The summed E-state index contributed by atoms with van der Waals surface area (Å²) in [7, 11) is 8.81. The molecule has 1 aliphatic rings. The van der Waals surface area contributed by atoms with Crippen molar-refractivity contribution in [3.8, 4) is 17.0 Å². The van der Waals surface area contributed by atoms with E-state index in [4.69, 9.17) is 4.74 Å². The minimum atomic E-state index is -0.416. The van der Waals surface area contributed by atoms with Crippen LogP contribution in [0.2, 0.25) is 0 Å². The largest absolute Gasteiger partial charge is 0.472 e. The SMILES string of the molecule is C[C@@H]1CN([C@H](C)CO)C(=O)c2cc(-c3ccc(C(=O)N(C)C)cc3)cnc2O[C@H]1CN(C)C(=O)CN(C)C. The third kappa shape index (κ3) is 6.68. The minimum absolute atomic E-state index is 0.0377. The Kier molecular flexibility index (Phi) is 9.45. The maximum absolute atomic E-state index is 13.7. The summed E-state index contributed by atoms with van der Waals surface area (Å²) in [5.41, 5.74) is 2.34. The van der Waals surface area contributed by atoms with Gasteiger partial charge in [0.15, 0.2) is 0 Å². The van der Waals surface area contributed by atoms with Crippen molar-refractivity contribution in [2.45, 2.75) is 26.0 Å². The van der Waals surface area contributed by atoms with Crippen molar-refractivity contribution in [3.05, 3.63) is 47.7 Å². The average molecular weight is 526 g/mol. The van der Waals surface area contributed by atoms with E-state index in [9.17, 15) is 19.5 Å². The standard InChI is InChI=1S/C28H39N5O5/c1-18-14-33(19(2)17-34)28(37)23-12-22(20-8-10-21(11-9-20)27(36)31(5)6)13-29-26(23)38-24(18)15-32(7)25(35)16-30(3)4/h8-13,18-19,24,34H,14-17H2,1-7H3/t18-,19-,24+/m1/s1. The van der Waals surface area contributed by atoms with Crippen LogP contribution in [0.25, 0.3) is 11.1 Å². The Morgan fingerprint density at radius 2 is 1.79 bits per heavy atom. The number of benzene rings is 1. The molecule has 2 heterocycles. The highest BCUT2D eigenvalue weighted by Crippen LogP contribution is 2.30. The Morgan fingerprint density at radius 1 is 1.13 bits per heavy atom. The van der Waals surface area contributed by atoms with Gasteiger partial charge in [-0.05, 0) is 44.8 Å². The van der Waals surface area contributed by atoms with Gasteiger partial charge in [0.05, 0.1) is 25.7 Å². The summed E-state index contributed by atoms with van der Waals surface area (Å²) in [5, 5.41) is 9.88. The van der Waals surface area contributed by atoms with Gasteiger partial charge in [0.1, 0.15) is 11.7 Å². The summed E-state index contributed by atoms with van der Waals surface area (Å²) in [6, 6.07) is 8.44. The van der Waals surface area contributed by atoms with Crippen molar-refractivity contribution in [1.82, 2.24) is 24.6 Å². The van der Waals surface area contributed by atoms with E-state index in [1.165, 1.54) is 4.90 Å². The smallest absolute Gasteiger partial charge is 0.259 e. The molecule has 1 aromatic heterocycles. The van der Waals surface area contributed by atoms with Crippen molar-refractivity contribution >= 4 is 17.7 Å². The highest BCUT2D eigenvalue weighted by atomic mass is 16.5. The summed E-state index contributed by atoms with van der Waals surface area (Å²) in [4.78, 5) is 49.6. The fourth-order valence-corrected chi connectivity index (χ4v) is 4.30. The van der Waals surface area contributed by atoms with Crippen LogP contribution in [0.3, 0.4) is 0 Å². The molecule has 0 bridgehead atoms. The zero-order chi connectivity index (χ0) is 28.1. The quantitative estimate of drug-likeness (QED) is 0.559. The van der Waals surface area contributed by atoms with Gasteiger partial charge in [0.2, 0.25) is 11.8 Å². The molecule has 0 saturated heterocycles. The molecular formula is C28H39N5O5. The van der Waals surface area contributed by atoms with Crippen LogP contribution in [-0.4, -0.2) is 121 Å². The lowest BCUT2D eigenvalue weighted by Crippen LogP contribution is -2.51. The zero-order valence-electron chi connectivity index (χ0n) is 23.3. The van der Waals surface area contributed by atoms with Gasteiger partial charge >= 0.3 is 0 Å². The monoisotopic (exact) mass is 525 g/mol. The first-order chi connectivity index (χ1) is 17.9. The molecule has 0 spiro atoms. The van der Waals surface area contributed by atoms with Crippen molar-refractivity contribution < 1.29 is 24.2 Å². The van der Waals surface area contributed by atoms with E-state index in [1.54, 1.807) is 62.3 Å². The Labute approximate surface area is 224 Å². The Bertz CT molecular complexity index is 1150. The zero-order valence-corrected chi connectivity index (χ0v) is 23.3. The Balaban J connectivity index is 1.98. The second kappa shape index (κ2) is 12.4. The number of fused-ring (bicyclic) bond motifs is 1. The van der Waals surface area contributed by atoms with Gasteiger partial charge in [-0.1, -0.05) is 19.1 Å². The first-order valence-corrected chi connectivity index (χ1v) is 12.7. The highest BCUT2D eigenvalue weighted by Gasteiger charge is 2.34. The number of aromatic nitrogens is 1. The van der Waals surface area contributed by atoms with Crippen LogP contribution in [0.1, 0.15) is 34.6 Å². The minimum Gasteiger partial charge on any atom is -0.472 e. The molecule has 2 aromatic rings. The lowest BCUT2D eigenvalue weighted by molar-refractivity contribution is -0.132. The second-order valence-corrected chi connectivity index (χ2v) is 10.5. The number of hydrogen-bond acceptors (Lipinski definition) is 7. The molecule has 10 heteroatoms. The molecule has 1 aromatic carbocycles. The molecular weight excluding hydrogens is 486 g/mol. The van der Waals surface area contributed by atoms with Crippen molar-refractivity contribution in [3.63, 3.8) is 0 Å². The van der Waals surface area contributed by atoms with Crippen LogP contribution >= 0.6 is 0 Å². The molecule has 0 saturated carbocycles. The highest BCUT2D eigenvalue weighted by molar-refractivity contribution is 5.98. The maximum atomic E-state index is 13.7. The predicted molar refractivity (Wildman–Crippen MR) is 145 cm³/mol. The van der Waals surface area contributed by atoms with Crippen LogP contribution in [0.5, 0.6) is 5.88 Å². The lowest BCUT2D eigenvalue weighted by Gasteiger charge is -2.37. The molecule has 3 atom stereocenters. The van der Waals surface area contributed by atoms with Gasteiger partial charge in [0, 0.05) is 50.9 Å². The molecule has 1 aliphatic heterocycles. The summed E-state index contributed by atoms with van der Waals surface area (Å²) < 4.78 is 6.30. The van der Waals surface area contributed by atoms with Crippen LogP contribution in [0.4, 0.5) is 0 Å². The second-order valence-electron chi connectivity index (χ2n) is 10.5. The van der Waals surface area contributed by atoms with E-state index in [0.29, 0.717) is 24.2 Å². The van der Waals surface area contributed by atoms with Crippen molar-refractivity contribution in [2.75, 3.05) is 61.5 Å². The fraction of sp³-hybridized carbons (Fsp3) is 0.500. The average Bonchev–Trinajstić information content (AvgIpc) is 2.89. The van der Waals surface area contributed by atoms with E-state index < -0.39 is 12.1 Å². The number of aliphatic hydroxyl groups is 1. The van der Waals surface area contributed by atoms with E-state index in [0.717, 1.165) is 5.56 Å². The molecule has 3 rings (SSSR count). The number of pyridine rings is 1. The number of carbonyl (C=O) groups is 3. The summed E-state index contributed by atoms with van der Waals surface area (Å²) in [5.74, 6) is -0.349. The topological polar surface area (TPSA) is 107 Å². The predicted octanol–water partition coefficient (Wildman–Crippen LogP) is 1.69. The van der Waals surface area contributed by atoms with Crippen LogP contribution < -0.4 is 4.74 Å².